The van der Waals surface area contributed by atoms with E-state index in [4.69, 9.17) is 20.7 Å². The summed E-state index contributed by atoms with van der Waals surface area (Å²) in [6.45, 7) is 10.7. The van der Waals surface area contributed by atoms with Gasteiger partial charge in [0.15, 0.2) is 5.65 Å². The number of carbonyl (C=O) groups excluding carboxylic acids is 5. The van der Waals surface area contributed by atoms with Crippen LogP contribution >= 0.6 is 0 Å². The van der Waals surface area contributed by atoms with Gasteiger partial charge in [-0.2, -0.15) is 5.10 Å². The lowest BCUT2D eigenvalue weighted by Gasteiger charge is -2.37. The number of nitrogens with one attached hydrogen (secondary N) is 2. The first-order valence-electron chi connectivity index (χ1n) is 27.2. The van der Waals surface area contributed by atoms with Crippen molar-refractivity contribution in [1.82, 2.24) is 59.2 Å². The highest BCUT2D eigenvalue weighted by atomic mass is 16.2. The number of fused-ring (bicyclic) bond motifs is 2. The number of nitrogens with two attached hydrogens (primary N) is 1. The third-order valence-electron chi connectivity index (χ3n) is 16.0. The van der Waals surface area contributed by atoms with Crippen LogP contribution in [0.4, 0.5) is 17.3 Å². The van der Waals surface area contributed by atoms with Gasteiger partial charge >= 0.3 is 0 Å². The van der Waals surface area contributed by atoms with Gasteiger partial charge in [0.1, 0.15) is 29.0 Å². The number of likely N-dealkylation sites (tertiary alicyclic amines) is 1. The largest absolute Gasteiger partial charge is 0.384 e. The SMILES string of the molecule is Cc1nc2ccc(-c3ccnc(N)c3)nc2n1-c1ccc(CN2CCN(CC#Cc3ccc(N4CCC(C(=O)N5CCC(n6cc(CNc7cccc8c7C(=O)N(C7CCC(=O)NC7=O)C8=O)cn6)CC5)CC4)nc3)CC2)cc1. The minimum absolute atomic E-state index is 0.0148. The number of rotatable bonds is 12. The Kier molecular flexibility index (Phi) is 14.1. The van der Waals surface area contributed by atoms with Gasteiger partial charge in [-0.1, -0.05) is 30.0 Å². The first-order chi connectivity index (χ1) is 38.5. The van der Waals surface area contributed by atoms with Gasteiger partial charge in [0, 0.05) is 124 Å². The summed E-state index contributed by atoms with van der Waals surface area (Å²) in [4.78, 5) is 93.6. The number of nitrogen functional groups attached to an aromatic ring is 1. The number of aromatic nitrogens is 7. The van der Waals surface area contributed by atoms with Crippen molar-refractivity contribution in [3.8, 4) is 28.8 Å². The number of benzene rings is 2. The van der Waals surface area contributed by atoms with Crippen LogP contribution in [-0.4, -0.2) is 148 Å². The zero-order valence-corrected chi connectivity index (χ0v) is 44.1. The zero-order valence-electron chi connectivity index (χ0n) is 44.1. The molecule has 0 aliphatic carbocycles. The lowest BCUT2D eigenvalue weighted by Crippen LogP contribution is -2.54. The van der Waals surface area contributed by atoms with E-state index in [1.54, 1.807) is 30.6 Å². The molecular formula is C59H61N15O5. The third kappa shape index (κ3) is 10.7. The number of imide groups is 2. The second-order valence-corrected chi connectivity index (χ2v) is 21.1. The molecular weight excluding hydrogens is 999 g/mol. The maximum atomic E-state index is 13.8. The molecule has 20 heteroatoms. The molecule has 0 spiro atoms. The average Bonchev–Trinajstić information content (AvgIpc) is 4.39. The summed E-state index contributed by atoms with van der Waals surface area (Å²) in [5.74, 6) is 7.00. The minimum atomic E-state index is -1.03. The summed E-state index contributed by atoms with van der Waals surface area (Å²) in [6, 6.07) is 24.6. The molecule has 0 saturated carbocycles. The number of amides is 5. The number of pyridine rings is 3. The van der Waals surface area contributed by atoms with Gasteiger partial charge in [-0.15, -0.1) is 0 Å². The van der Waals surface area contributed by atoms with Gasteiger partial charge in [0.25, 0.3) is 11.8 Å². The minimum Gasteiger partial charge on any atom is -0.384 e. The van der Waals surface area contributed by atoms with E-state index in [0.29, 0.717) is 37.7 Å². The summed E-state index contributed by atoms with van der Waals surface area (Å²) in [5, 5.41) is 10.2. The predicted molar refractivity (Wildman–Crippen MR) is 297 cm³/mol. The molecule has 79 heavy (non-hydrogen) atoms. The Bertz CT molecular complexity index is 3540. The van der Waals surface area contributed by atoms with E-state index in [0.717, 1.165) is 127 Å². The number of hydrogen-bond acceptors (Lipinski definition) is 15. The number of aryl methyl sites for hydroxylation is 1. The van der Waals surface area contributed by atoms with E-state index >= 15 is 0 Å². The van der Waals surface area contributed by atoms with Crippen LogP contribution < -0.4 is 21.3 Å². The third-order valence-corrected chi connectivity index (χ3v) is 16.0. The standard InChI is InChI=1S/C59H61N15O5/c1-38-65-49-13-12-47(43-17-22-61-51(60)32-43)66-55(49)73(38)45-10-7-40(8-11-45)36-69-30-28-68(29-31-69)23-3-4-39-9-15-52(63-33-39)70-24-18-42(19-25-70)57(77)71-26-20-44(21-27-71)72-37-41(35-64-72)34-62-48-6-2-5-46-54(48)59(79)74(58(46)78)50-14-16-53(75)67-56(50)76/h2,5-13,15,17,22,32-33,35,37,42,44,50,62H,14,16,18-21,23-31,34,36H2,1H3,(H2,60,61)(H,67,75,76). The monoisotopic (exact) mass is 1060 g/mol. The first-order valence-corrected chi connectivity index (χ1v) is 27.2. The molecule has 20 nitrogen and oxygen atoms in total. The molecule has 12 rings (SSSR count). The molecule has 0 bridgehead atoms. The quantitative estimate of drug-likeness (QED) is 0.105. The summed E-state index contributed by atoms with van der Waals surface area (Å²) in [5.41, 5.74) is 14.3. The van der Waals surface area contributed by atoms with Gasteiger partial charge in [-0.25, -0.2) is 19.9 Å². The maximum absolute atomic E-state index is 13.8. The molecule has 5 amide bonds. The molecule has 4 saturated heterocycles. The van der Waals surface area contributed by atoms with Crippen molar-refractivity contribution in [2.45, 2.75) is 70.6 Å². The Morgan fingerprint density at radius 1 is 0.797 bits per heavy atom. The van der Waals surface area contributed by atoms with Gasteiger partial charge in [0.05, 0.1) is 35.6 Å². The lowest BCUT2D eigenvalue weighted by atomic mass is 9.93. The van der Waals surface area contributed by atoms with Crippen molar-refractivity contribution in [1.29, 1.82) is 0 Å². The number of nitrogens with zero attached hydrogens (tertiary/aromatic N) is 12. The molecule has 10 heterocycles. The van der Waals surface area contributed by atoms with Crippen LogP contribution in [0.25, 0.3) is 28.1 Å². The van der Waals surface area contributed by atoms with Gasteiger partial charge < -0.3 is 20.9 Å². The van der Waals surface area contributed by atoms with Crippen LogP contribution in [0.3, 0.4) is 0 Å². The average molecular weight is 1060 g/mol. The van der Waals surface area contributed by atoms with Crippen molar-refractivity contribution in [2.24, 2.45) is 5.92 Å². The smallest absolute Gasteiger partial charge is 0.264 e. The van der Waals surface area contributed by atoms with Crippen molar-refractivity contribution < 1.29 is 24.0 Å². The predicted octanol–water partition coefficient (Wildman–Crippen LogP) is 5.23. The van der Waals surface area contributed by atoms with Crippen LogP contribution in [0.1, 0.15) is 87.8 Å². The zero-order chi connectivity index (χ0) is 54.1. The Labute approximate surface area is 457 Å². The van der Waals surface area contributed by atoms with Crippen molar-refractivity contribution in [3.63, 3.8) is 0 Å². The molecule has 1 unspecified atom stereocenters. The summed E-state index contributed by atoms with van der Waals surface area (Å²) in [7, 11) is 0. The molecule has 0 radical (unpaired) electrons. The van der Waals surface area contributed by atoms with Crippen molar-refractivity contribution in [3.05, 3.63) is 137 Å². The summed E-state index contributed by atoms with van der Waals surface area (Å²) >= 11 is 0. The first kappa shape index (κ1) is 51.0. The Morgan fingerprint density at radius 2 is 1.59 bits per heavy atom. The number of carbonyl (C=O) groups is 5. The van der Waals surface area contributed by atoms with Gasteiger partial charge in [-0.3, -0.25) is 53.2 Å². The summed E-state index contributed by atoms with van der Waals surface area (Å²) in [6.07, 6.45) is 10.6. The summed E-state index contributed by atoms with van der Waals surface area (Å²) < 4.78 is 4.06. The highest BCUT2D eigenvalue weighted by Gasteiger charge is 2.45. The molecule has 5 aliphatic heterocycles. The Morgan fingerprint density at radius 3 is 2.35 bits per heavy atom. The number of hydrogen-bond donors (Lipinski definition) is 3. The van der Waals surface area contributed by atoms with Crippen molar-refractivity contribution in [2.75, 3.05) is 74.9 Å². The molecule has 402 valence electrons. The molecule has 1 atom stereocenters. The highest BCUT2D eigenvalue weighted by molar-refractivity contribution is 6.25. The van der Waals surface area contributed by atoms with Gasteiger partial charge in [0.2, 0.25) is 17.7 Å². The molecule has 4 fully saturated rings. The van der Waals surface area contributed by atoms with Crippen LogP contribution in [0.2, 0.25) is 0 Å². The van der Waals surface area contributed by atoms with E-state index in [1.165, 1.54) is 5.56 Å². The molecule has 7 aromatic rings. The van der Waals surface area contributed by atoms with Crippen LogP contribution in [0, 0.1) is 24.7 Å². The lowest BCUT2D eigenvalue weighted by molar-refractivity contribution is -0.138. The fraction of sp³-hybridized carbons (Fsp3) is 0.356. The van der Waals surface area contributed by atoms with Crippen LogP contribution in [0.15, 0.2) is 104 Å². The maximum Gasteiger partial charge on any atom is 0.264 e. The number of piperazine rings is 1. The number of anilines is 3. The van der Waals surface area contributed by atoms with E-state index in [-0.39, 0.29) is 41.8 Å². The fourth-order valence-electron chi connectivity index (χ4n) is 11.7. The molecule has 5 aromatic heterocycles. The van der Waals surface area contributed by atoms with Crippen LogP contribution in [-0.2, 0) is 27.5 Å². The van der Waals surface area contributed by atoms with Crippen molar-refractivity contribution >= 4 is 58.0 Å². The van der Waals surface area contributed by atoms with Gasteiger partial charge in [-0.05, 0) is 105 Å². The second kappa shape index (κ2) is 21.9. The van der Waals surface area contributed by atoms with Crippen LogP contribution in [0.5, 0.6) is 0 Å². The normalized spacial score (nSPS) is 18.7. The fourth-order valence-corrected chi connectivity index (χ4v) is 11.7. The number of imidazole rings is 1. The molecule has 5 aliphatic rings. The van der Waals surface area contributed by atoms with E-state index < -0.39 is 29.7 Å². The van der Waals surface area contributed by atoms with E-state index in [1.807, 2.05) is 65.3 Å². The second-order valence-electron chi connectivity index (χ2n) is 21.1. The highest BCUT2D eigenvalue weighted by Crippen LogP contribution is 2.34. The molecule has 4 N–H and O–H groups in total. The number of piperidine rings is 3. The van der Waals surface area contributed by atoms with E-state index in [9.17, 15) is 24.0 Å². The molecule has 2 aromatic carbocycles. The van der Waals surface area contributed by atoms with E-state index in [2.05, 4.69) is 76.1 Å². The Balaban J connectivity index is 0.557. The Hall–Kier alpha value is -8.80. The topological polar surface area (TPSA) is 226 Å².